The predicted molar refractivity (Wildman–Crippen MR) is 67.1 cm³/mol. The van der Waals surface area contributed by atoms with Crippen molar-refractivity contribution in [3.05, 3.63) is 53.2 Å². The molecule has 4 nitrogen and oxygen atoms in total. The first-order valence-corrected chi connectivity index (χ1v) is 5.56. The topological polar surface area (TPSA) is 48.4 Å². The number of hydrogen-bond acceptors (Lipinski definition) is 4. The van der Waals surface area contributed by atoms with Gasteiger partial charge in [0.05, 0.1) is 12.7 Å². The summed E-state index contributed by atoms with van der Waals surface area (Å²) in [4.78, 5) is 15.3. The van der Waals surface area contributed by atoms with Crippen LogP contribution in [0.25, 0.3) is 0 Å². The minimum Gasteiger partial charge on any atom is -0.465 e. The Morgan fingerprint density at radius 1 is 1.17 bits per heavy atom. The first-order valence-electron chi connectivity index (χ1n) is 5.18. The summed E-state index contributed by atoms with van der Waals surface area (Å²) in [5.74, 6) is 0.435. The standard InChI is InChI=1S/C13H10ClNO3/c1-17-13(16)10-7-8-11(15-12(10)14)18-9-5-3-2-4-6-9/h2-8H,1H3. The van der Waals surface area contributed by atoms with Crippen LogP contribution in [-0.2, 0) is 4.74 Å². The minimum absolute atomic E-state index is 0.0512. The number of nitrogens with zero attached hydrogens (tertiary/aromatic N) is 1. The number of benzene rings is 1. The molecule has 5 heteroatoms. The Hall–Kier alpha value is -2.07. The highest BCUT2D eigenvalue weighted by Crippen LogP contribution is 2.23. The maximum absolute atomic E-state index is 11.3. The molecule has 0 unspecified atom stereocenters. The highest BCUT2D eigenvalue weighted by molar-refractivity contribution is 6.32. The van der Waals surface area contributed by atoms with Crippen molar-refractivity contribution < 1.29 is 14.3 Å². The van der Waals surface area contributed by atoms with Gasteiger partial charge in [0.25, 0.3) is 0 Å². The number of para-hydroxylation sites is 1. The summed E-state index contributed by atoms with van der Waals surface area (Å²) in [5.41, 5.74) is 0.208. The van der Waals surface area contributed by atoms with Crippen LogP contribution in [-0.4, -0.2) is 18.1 Å². The van der Waals surface area contributed by atoms with E-state index in [4.69, 9.17) is 16.3 Å². The molecule has 1 heterocycles. The monoisotopic (exact) mass is 263 g/mol. The van der Waals surface area contributed by atoms with Gasteiger partial charge in [0, 0.05) is 6.07 Å². The van der Waals surface area contributed by atoms with Gasteiger partial charge in [0.15, 0.2) is 0 Å². The van der Waals surface area contributed by atoms with E-state index in [1.54, 1.807) is 18.2 Å². The van der Waals surface area contributed by atoms with Crippen LogP contribution < -0.4 is 4.74 Å². The highest BCUT2D eigenvalue weighted by atomic mass is 35.5. The van der Waals surface area contributed by atoms with Crippen molar-refractivity contribution in [3.8, 4) is 11.6 Å². The Balaban J connectivity index is 2.22. The molecule has 2 aromatic rings. The van der Waals surface area contributed by atoms with Crippen LogP contribution in [0.4, 0.5) is 0 Å². The van der Waals surface area contributed by atoms with Crippen molar-refractivity contribution in [1.29, 1.82) is 0 Å². The normalized spacial score (nSPS) is 9.89. The van der Waals surface area contributed by atoms with Crippen LogP contribution in [0.5, 0.6) is 11.6 Å². The molecule has 0 spiro atoms. The van der Waals surface area contributed by atoms with Gasteiger partial charge in [-0.3, -0.25) is 0 Å². The van der Waals surface area contributed by atoms with E-state index in [2.05, 4.69) is 9.72 Å². The van der Waals surface area contributed by atoms with Crippen LogP contribution in [0.1, 0.15) is 10.4 Å². The molecule has 0 atom stereocenters. The summed E-state index contributed by atoms with van der Waals surface area (Å²) in [5, 5.41) is 0.0512. The van der Waals surface area contributed by atoms with E-state index in [0.29, 0.717) is 11.6 Å². The van der Waals surface area contributed by atoms with Crippen LogP contribution in [0.3, 0.4) is 0 Å². The van der Waals surface area contributed by atoms with E-state index >= 15 is 0 Å². The van der Waals surface area contributed by atoms with Crippen LogP contribution in [0.2, 0.25) is 5.15 Å². The Bertz CT molecular complexity index is 557. The third kappa shape index (κ3) is 2.78. The van der Waals surface area contributed by atoms with Gasteiger partial charge in [0.2, 0.25) is 5.88 Å². The van der Waals surface area contributed by atoms with Crippen molar-refractivity contribution in [1.82, 2.24) is 4.98 Å². The van der Waals surface area contributed by atoms with Gasteiger partial charge in [-0.15, -0.1) is 0 Å². The number of halogens is 1. The van der Waals surface area contributed by atoms with Gasteiger partial charge in [-0.1, -0.05) is 29.8 Å². The molecule has 0 fully saturated rings. The van der Waals surface area contributed by atoms with E-state index in [1.807, 2.05) is 18.2 Å². The highest BCUT2D eigenvalue weighted by Gasteiger charge is 2.12. The Morgan fingerprint density at radius 2 is 1.89 bits per heavy atom. The average Bonchev–Trinajstić information content (AvgIpc) is 2.39. The zero-order chi connectivity index (χ0) is 13.0. The summed E-state index contributed by atoms with van der Waals surface area (Å²) in [6.45, 7) is 0. The van der Waals surface area contributed by atoms with Gasteiger partial charge in [-0.2, -0.15) is 0 Å². The van der Waals surface area contributed by atoms with Gasteiger partial charge in [-0.05, 0) is 18.2 Å². The van der Waals surface area contributed by atoms with Crippen LogP contribution in [0, 0.1) is 0 Å². The second-order valence-corrected chi connectivity index (χ2v) is 3.75. The van der Waals surface area contributed by atoms with E-state index in [-0.39, 0.29) is 10.7 Å². The minimum atomic E-state index is -0.529. The molecule has 0 aliphatic carbocycles. The molecular formula is C13H10ClNO3. The SMILES string of the molecule is COC(=O)c1ccc(Oc2ccccc2)nc1Cl. The third-order valence-corrected chi connectivity index (χ3v) is 2.48. The largest absolute Gasteiger partial charge is 0.465 e. The van der Waals surface area contributed by atoms with E-state index in [0.717, 1.165) is 0 Å². The molecule has 2 rings (SSSR count). The number of aromatic nitrogens is 1. The number of carbonyl (C=O) groups excluding carboxylic acids is 1. The zero-order valence-corrected chi connectivity index (χ0v) is 10.3. The van der Waals surface area contributed by atoms with Crippen molar-refractivity contribution in [2.75, 3.05) is 7.11 Å². The molecule has 0 amide bonds. The second kappa shape index (κ2) is 5.51. The van der Waals surface area contributed by atoms with Gasteiger partial charge < -0.3 is 9.47 Å². The maximum atomic E-state index is 11.3. The summed E-state index contributed by atoms with van der Waals surface area (Å²) < 4.78 is 10.1. The van der Waals surface area contributed by atoms with E-state index < -0.39 is 5.97 Å². The number of esters is 1. The Morgan fingerprint density at radius 3 is 2.50 bits per heavy atom. The molecule has 0 aliphatic rings. The van der Waals surface area contributed by atoms with Crippen molar-refractivity contribution in [2.24, 2.45) is 0 Å². The Kier molecular flexibility index (Phi) is 3.79. The molecule has 1 aromatic carbocycles. The summed E-state index contributed by atoms with van der Waals surface area (Å²) in [6.07, 6.45) is 0. The lowest BCUT2D eigenvalue weighted by molar-refractivity contribution is 0.0600. The fraction of sp³-hybridized carbons (Fsp3) is 0.0769. The molecule has 0 saturated carbocycles. The van der Waals surface area contributed by atoms with Gasteiger partial charge in [0.1, 0.15) is 10.9 Å². The van der Waals surface area contributed by atoms with Gasteiger partial charge >= 0.3 is 5.97 Å². The van der Waals surface area contributed by atoms with Gasteiger partial charge in [-0.25, -0.2) is 9.78 Å². The number of ether oxygens (including phenoxy) is 2. The first-order chi connectivity index (χ1) is 8.70. The third-order valence-electron chi connectivity index (χ3n) is 2.19. The predicted octanol–water partition coefficient (Wildman–Crippen LogP) is 3.31. The van der Waals surface area contributed by atoms with Crippen molar-refractivity contribution in [2.45, 2.75) is 0 Å². The molecule has 0 radical (unpaired) electrons. The lowest BCUT2D eigenvalue weighted by Crippen LogP contribution is -2.03. The summed E-state index contributed by atoms with van der Waals surface area (Å²) in [6, 6.07) is 12.2. The fourth-order valence-electron chi connectivity index (χ4n) is 1.35. The average molecular weight is 264 g/mol. The van der Waals surface area contributed by atoms with Crippen LogP contribution in [0.15, 0.2) is 42.5 Å². The molecule has 0 saturated heterocycles. The number of methoxy groups -OCH3 is 1. The fourth-order valence-corrected chi connectivity index (χ4v) is 1.57. The maximum Gasteiger partial charge on any atom is 0.341 e. The number of rotatable bonds is 3. The molecule has 18 heavy (non-hydrogen) atoms. The lowest BCUT2D eigenvalue weighted by atomic mass is 10.3. The second-order valence-electron chi connectivity index (χ2n) is 3.39. The van der Waals surface area contributed by atoms with Crippen molar-refractivity contribution >= 4 is 17.6 Å². The number of carbonyl (C=O) groups is 1. The molecule has 1 aromatic heterocycles. The van der Waals surface area contributed by atoms with Crippen molar-refractivity contribution in [3.63, 3.8) is 0 Å². The summed E-state index contributed by atoms with van der Waals surface area (Å²) >= 11 is 5.88. The smallest absolute Gasteiger partial charge is 0.341 e. The Labute approximate surface area is 109 Å². The summed E-state index contributed by atoms with van der Waals surface area (Å²) in [7, 11) is 1.28. The number of pyridine rings is 1. The zero-order valence-electron chi connectivity index (χ0n) is 9.59. The number of hydrogen-bond donors (Lipinski definition) is 0. The van der Waals surface area contributed by atoms with Crippen LogP contribution >= 0.6 is 11.6 Å². The molecular weight excluding hydrogens is 254 g/mol. The first kappa shape index (κ1) is 12.4. The quantitative estimate of drug-likeness (QED) is 0.630. The lowest BCUT2D eigenvalue weighted by Gasteiger charge is -2.06. The molecule has 92 valence electrons. The van der Waals surface area contributed by atoms with E-state index in [9.17, 15) is 4.79 Å². The molecule has 0 N–H and O–H groups in total. The molecule has 0 aliphatic heterocycles. The molecule has 0 bridgehead atoms. The van der Waals surface area contributed by atoms with E-state index in [1.165, 1.54) is 13.2 Å².